The van der Waals surface area contributed by atoms with Crippen molar-refractivity contribution in [1.82, 2.24) is 4.90 Å². The molecule has 0 bridgehead atoms. The highest BCUT2D eigenvalue weighted by Crippen LogP contribution is 2.15. The Bertz CT molecular complexity index is 695. The molecule has 1 N–H and O–H groups in total. The number of esters is 1. The Morgan fingerprint density at radius 1 is 1.31 bits per heavy atom. The predicted molar refractivity (Wildman–Crippen MR) is 93.9 cm³/mol. The van der Waals surface area contributed by atoms with Crippen LogP contribution in [0.5, 0.6) is 0 Å². The summed E-state index contributed by atoms with van der Waals surface area (Å²) in [6.07, 6.45) is 0.947. The maximum atomic E-state index is 12.8. The van der Waals surface area contributed by atoms with E-state index in [-0.39, 0.29) is 17.6 Å². The molecule has 2 rings (SSSR count). The number of benzene rings is 1. The van der Waals surface area contributed by atoms with Crippen molar-refractivity contribution in [3.8, 4) is 0 Å². The summed E-state index contributed by atoms with van der Waals surface area (Å²) in [7, 11) is 0. The monoisotopic (exact) mass is 382 g/mol. The summed E-state index contributed by atoms with van der Waals surface area (Å²) in [5.41, 5.74) is 0.452. The predicted octanol–water partition coefficient (Wildman–Crippen LogP) is 1.58. The lowest BCUT2D eigenvalue weighted by Gasteiger charge is -2.15. The van der Waals surface area contributed by atoms with Crippen molar-refractivity contribution in [2.75, 3.05) is 24.2 Å². The smallest absolute Gasteiger partial charge is 0.319 e. The third-order valence-electron chi connectivity index (χ3n) is 3.64. The number of rotatable bonds is 7. The zero-order valence-corrected chi connectivity index (χ0v) is 15.0. The molecule has 1 aromatic rings. The highest BCUT2D eigenvalue weighted by atomic mass is 32.2. The van der Waals surface area contributed by atoms with Crippen LogP contribution in [-0.4, -0.2) is 52.7 Å². The molecule has 0 radical (unpaired) electrons. The Morgan fingerprint density at radius 2 is 2.00 bits per heavy atom. The van der Waals surface area contributed by atoms with Crippen LogP contribution in [0.1, 0.15) is 19.8 Å². The van der Waals surface area contributed by atoms with Crippen LogP contribution in [0.3, 0.4) is 0 Å². The van der Waals surface area contributed by atoms with Gasteiger partial charge in [-0.05, 0) is 37.6 Å². The first-order chi connectivity index (χ1) is 12.4. The van der Waals surface area contributed by atoms with Crippen LogP contribution >= 0.6 is 11.8 Å². The summed E-state index contributed by atoms with van der Waals surface area (Å²) in [4.78, 5) is 48.0. The van der Waals surface area contributed by atoms with Crippen molar-refractivity contribution in [2.45, 2.75) is 25.0 Å². The molecule has 3 amide bonds. The van der Waals surface area contributed by atoms with Crippen molar-refractivity contribution in [2.24, 2.45) is 0 Å². The first kappa shape index (κ1) is 19.9. The second-order valence-corrected chi connectivity index (χ2v) is 6.99. The first-order valence-corrected chi connectivity index (χ1v) is 9.08. The zero-order valence-electron chi connectivity index (χ0n) is 14.2. The normalized spacial score (nSPS) is 14.8. The minimum atomic E-state index is -0.656. The average molecular weight is 382 g/mol. The summed E-state index contributed by atoms with van der Waals surface area (Å²) in [5.74, 6) is -2.19. The number of nitrogens with zero attached hydrogens (tertiary/aromatic N) is 1. The van der Waals surface area contributed by atoms with Crippen molar-refractivity contribution in [3.05, 3.63) is 30.1 Å². The lowest BCUT2D eigenvalue weighted by molar-refractivity contribution is -0.154. The van der Waals surface area contributed by atoms with Crippen molar-refractivity contribution < 1.29 is 28.3 Å². The molecule has 1 atom stereocenters. The van der Waals surface area contributed by atoms with Gasteiger partial charge in [0.2, 0.25) is 11.8 Å². The van der Waals surface area contributed by atoms with Crippen LogP contribution in [0, 0.1) is 5.82 Å². The molecule has 1 aliphatic rings. The molecular weight excluding hydrogens is 363 g/mol. The van der Waals surface area contributed by atoms with Crippen molar-refractivity contribution >= 4 is 41.1 Å². The van der Waals surface area contributed by atoms with E-state index >= 15 is 0 Å². The van der Waals surface area contributed by atoms with Gasteiger partial charge in [-0.3, -0.25) is 24.1 Å². The van der Waals surface area contributed by atoms with Gasteiger partial charge in [0.1, 0.15) is 11.1 Å². The maximum Gasteiger partial charge on any atom is 0.319 e. The van der Waals surface area contributed by atoms with E-state index in [1.165, 1.54) is 24.3 Å². The number of halogens is 1. The molecule has 1 aromatic carbocycles. The number of carbonyl (C=O) groups is 4. The maximum absolute atomic E-state index is 12.8. The largest absolute Gasteiger partial charge is 0.455 e. The Balaban J connectivity index is 1.69. The van der Waals surface area contributed by atoms with Gasteiger partial charge in [-0.2, -0.15) is 0 Å². The minimum absolute atomic E-state index is 0.00774. The number of anilines is 1. The Labute approximate surface area is 154 Å². The molecule has 0 aliphatic carbocycles. The minimum Gasteiger partial charge on any atom is -0.455 e. The van der Waals surface area contributed by atoms with Crippen LogP contribution in [-0.2, 0) is 23.9 Å². The third-order valence-corrected chi connectivity index (χ3v) is 4.76. The topological polar surface area (TPSA) is 92.8 Å². The van der Waals surface area contributed by atoms with Gasteiger partial charge in [-0.1, -0.05) is 0 Å². The summed E-state index contributed by atoms with van der Waals surface area (Å²) in [6, 6.07) is 5.32. The fourth-order valence-electron chi connectivity index (χ4n) is 2.24. The summed E-state index contributed by atoms with van der Waals surface area (Å²) < 4.78 is 17.7. The third kappa shape index (κ3) is 5.83. The van der Waals surface area contributed by atoms with E-state index < -0.39 is 29.6 Å². The highest BCUT2D eigenvalue weighted by Gasteiger charge is 2.27. The number of hydrogen-bond donors (Lipinski definition) is 1. The second kappa shape index (κ2) is 9.33. The SMILES string of the molecule is CC(SCC(=O)Nc1ccc(F)cc1)C(=O)OCC(=O)N1CCCC1=O. The number of thioether (sulfide) groups is 1. The molecule has 0 spiro atoms. The molecular formula is C17H19FN2O5S. The molecule has 9 heteroatoms. The molecule has 140 valence electrons. The standard InChI is InChI=1S/C17H19FN2O5S/c1-11(17(24)25-9-16(23)20-8-2-3-15(20)22)26-10-14(21)19-13-6-4-12(18)5-7-13/h4-7,11H,2-3,8-10H2,1H3,(H,19,21). The number of nitrogens with one attached hydrogen (secondary N) is 1. The van der Waals surface area contributed by atoms with Crippen LogP contribution in [0.4, 0.5) is 10.1 Å². The van der Waals surface area contributed by atoms with Gasteiger partial charge in [0, 0.05) is 18.7 Å². The molecule has 1 saturated heterocycles. The highest BCUT2D eigenvalue weighted by molar-refractivity contribution is 8.01. The summed E-state index contributed by atoms with van der Waals surface area (Å²) >= 11 is 1.05. The number of ether oxygens (including phenoxy) is 1. The van der Waals surface area contributed by atoms with E-state index in [1.54, 1.807) is 6.92 Å². The summed E-state index contributed by atoms with van der Waals surface area (Å²) in [5, 5.41) is 1.92. The van der Waals surface area contributed by atoms with E-state index in [0.29, 0.717) is 25.1 Å². The number of imide groups is 1. The molecule has 1 aliphatic heterocycles. The lowest BCUT2D eigenvalue weighted by Crippen LogP contribution is -2.36. The van der Waals surface area contributed by atoms with Crippen LogP contribution in [0.25, 0.3) is 0 Å². The molecule has 1 heterocycles. The van der Waals surface area contributed by atoms with E-state index in [2.05, 4.69) is 5.32 Å². The second-order valence-electron chi connectivity index (χ2n) is 5.66. The van der Waals surface area contributed by atoms with E-state index in [9.17, 15) is 23.6 Å². The summed E-state index contributed by atoms with van der Waals surface area (Å²) in [6.45, 7) is 1.42. The Morgan fingerprint density at radius 3 is 2.62 bits per heavy atom. The number of likely N-dealkylation sites (tertiary alicyclic amines) is 1. The molecule has 0 aromatic heterocycles. The fourth-order valence-corrected chi connectivity index (χ4v) is 2.92. The molecule has 1 fully saturated rings. The number of hydrogen-bond acceptors (Lipinski definition) is 6. The molecule has 0 saturated carbocycles. The number of carbonyl (C=O) groups excluding carboxylic acids is 4. The van der Waals surface area contributed by atoms with Gasteiger partial charge in [-0.25, -0.2) is 4.39 Å². The van der Waals surface area contributed by atoms with Gasteiger partial charge in [0.25, 0.3) is 5.91 Å². The first-order valence-electron chi connectivity index (χ1n) is 8.03. The van der Waals surface area contributed by atoms with Crippen LogP contribution in [0.15, 0.2) is 24.3 Å². The van der Waals surface area contributed by atoms with Gasteiger partial charge in [-0.15, -0.1) is 11.8 Å². The van der Waals surface area contributed by atoms with E-state index in [1.807, 2.05) is 0 Å². The Hall–Kier alpha value is -2.42. The van der Waals surface area contributed by atoms with Crippen molar-refractivity contribution in [1.29, 1.82) is 0 Å². The van der Waals surface area contributed by atoms with Crippen LogP contribution < -0.4 is 5.32 Å². The van der Waals surface area contributed by atoms with Crippen molar-refractivity contribution in [3.63, 3.8) is 0 Å². The van der Waals surface area contributed by atoms with E-state index in [4.69, 9.17) is 4.74 Å². The van der Waals surface area contributed by atoms with Crippen LogP contribution in [0.2, 0.25) is 0 Å². The Kier molecular flexibility index (Phi) is 7.14. The zero-order chi connectivity index (χ0) is 19.1. The van der Waals surface area contributed by atoms with Gasteiger partial charge < -0.3 is 10.1 Å². The average Bonchev–Trinajstić information content (AvgIpc) is 3.05. The quantitative estimate of drug-likeness (QED) is 0.720. The van der Waals surface area contributed by atoms with Gasteiger partial charge in [0.05, 0.1) is 5.75 Å². The molecule has 7 nitrogen and oxygen atoms in total. The van der Waals surface area contributed by atoms with E-state index in [0.717, 1.165) is 16.7 Å². The lowest BCUT2D eigenvalue weighted by atomic mass is 10.3. The molecule has 26 heavy (non-hydrogen) atoms. The molecule has 1 unspecified atom stereocenters. The van der Waals surface area contributed by atoms with Gasteiger partial charge in [0.15, 0.2) is 6.61 Å². The van der Waals surface area contributed by atoms with Gasteiger partial charge >= 0.3 is 5.97 Å². The fraction of sp³-hybridized carbons (Fsp3) is 0.412. The number of amides is 3.